The predicted octanol–water partition coefficient (Wildman–Crippen LogP) is -0.714. The first kappa shape index (κ1) is 14.6. The molecule has 1 unspecified atom stereocenters. The van der Waals surface area contributed by atoms with E-state index < -0.39 is 18.0 Å². The quantitative estimate of drug-likeness (QED) is 0.710. The molecule has 18 heavy (non-hydrogen) atoms. The Morgan fingerprint density at radius 2 is 2.17 bits per heavy atom. The van der Waals surface area contributed by atoms with Crippen molar-refractivity contribution >= 4 is 29.7 Å². The van der Waals surface area contributed by atoms with Crippen LogP contribution in [0.25, 0.3) is 0 Å². The van der Waals surface area contributed by atoms with Crippen LogP contribution in [-0.4, -0.2) is 77.5 Å². The molecule has 1 atom stereocenters. The number of amides is 3. The summed E-state index contributed by atoms with van der Waals surface area (Å²) in [6.45, 7) is 0.309. The molecule has 2 N–H and O–H groups in total. The van der Waals surface area contributed by atoms with Crippen LogP contribution in [0.3, 0.4) is 0 Å². The largest absolute Gasteiger partial charge is 0.480 e. The first-order chi connectivity index (χ1) is 8.47. The summed E-state index contributed by atoms with van der Waals surface area (Å²) in [6.07, 6.45) is 0. The van der Waals surface area contributed by atoms with Gasteiger partial charge in [0.15, 0.2) is 0 Å². The fourth-order valence-electron chi connectivity index (χ4n) is 1.62. The highest BCUT2D eigenvalue weighted by Crippen LogP contribution is 2.18. The van der Waals surface area contributed by atoms with E-state index in [1.807, 2.05) is 0 Å². The predicted molar refractivity (Wildman–Crippen MR) is 67.5 cm³/mol. The number of urea groups is 1. The molecule has 1 heterocycles. The average molecular weight is 275 g/mol. The van der Waals surface area contributed by atoms with Gasteiger partial charge in [0.2, 0.25) is 5.91 Å². The molecule has 102 valence electrons. The van der Waals surface area contributed by atoms with Crippen LogP contribution in [0.2, 0.25) is 0 Å². The molecule has 1 aliphatic heterocycles. The van der Waals surface area contributed by atoms with Crippen LogP contribution in [0, 0.1) is 0 Å². The van der Waals surface area contributed by atoms with Crippen molar-refractivity contribution in [1.29, 1.82) is 0 Å². The maximum atomic E-state index is 12.1. The zero-order chi connectivity index (χ0) is 13.7. The number of carboxylic acid groups (broad SMARTS) is 1. The smallest absolute Gasteiger partial charge is 0.327 e. The SMILES string of the molecule is CNC(=O)CN(C)C(=O)N1CCSCC1C(=O)O. The summed E-state index contributed by atoms with van der Waals surface area (Å²) in [5.41, 5.74) is 0. The summed E-state index contributed by atoms with van der Waals surface area (Å²) in [7, 11) is 2.97. The van der Waals surface area contributed by atoms with Crippen LogP contribution in [0.1, 0.15) is 0 Å². The molecule has 1 aliphatic rings. The molecule has 0 aromatic carbocycles. The molecule has 7 nitrogen and oxygen atoms in total. The van der Waals surface area contributed by atoms with Gasteiger partial charge in [-0.05, 0) is 0 Å². The Morgan fingerprint density at radius 3 is 2.72 bits per heavy atom. The minimum Gasteiger partial charge on any atom is -0.480 e. The second-order valence-electron chi connectivity index (χ2n) is 3.93. The highest BCUT2D eigenvalue weighted by Gasteiger charge is 2.34. The zero-order valence-electron chi connectivity index (χ0n) is 10.4. The van der Waals surface area contributed by atoms with Crippen molar-refractivity contribution in [2.45, 2.75) is 6.04 Å². The number of aliphatic carboxylic acids is 1. The lowest BCUT2D eigenvalue weighted by Crippen LogP contribution is -2.55. The summed E-state index contributed by atoms with van der Waals surface area (Å²) < 4.78 is 0. The van der Waals surface area contributed by atoms with Gasteiger partial charge in [-0.25, -0.2) is 9.59 Å². The van der Waals surface area contributed by atoms with Crippen molar-refractivity contribution in [3.8, 4) is 0 Å². The molecule has 0 saturated carbocycles. The summed E-state index contributed by atoms with van der Waals surface area (Å²) in [4.78, 5) is 36.8. The molecule has 0 radical (unpaired) electrons. The third-order valence-electron chi connectivity index (χ3n) is 2.65. The number of carbonyl (C=O) groups excluding carboxylic acids is 2. The monoisotopic (exact) mass is 275 g/mol. The van der Waals surface area contributed by atoms with Gasteiger partial charge in [0.1, 0.15) is 12.6 Å². The number of hydrogen-bond acceptors (Lipinski definition) is 4. The Kier molecular flexibility index (Phi) is 5.26. The van der Waals surface area contributed by atoms with Crippen LogP contribution in [-0.2, 0) is 9.59 Å². The van der Waals surface area contributed by atoms with Crippen LogP contribution in [0.15, 0.2) is 0 Å². The van der Waals surface area contributed by atoms with Crippen LogP contribution < -0.4 is 5.32 Å². The summed E-state index contributed by atoms with van der Waals surface area (Å²) >= 11 is 1.51. The highest BCUT2D eigenvalue weighted by molar-refractivity contribution is 7.99. The van der Waals surface area contributed by atoms with Gasteiger partial charge in [-0.3, -0.25) is 4.79 Å². The van der Waals surface area contributed by atoms with Crippen molar-refractivity contribution in [2.24, 2.45) is 0 Å². The maximum absolute atomic E-state index is 12.1. The fourth-order valence-corrected chi connectivity index (χ4v) is 2.66. The molecular formula is C10H17N3O4S. The summed E-state index contributed by atoms with van der Waals surface area (Å²) in [5, 5.41) is 11.5. The van der Waals surface area contributed by atoms with Gasteiger partial charge in [0.25, 0.3) is 0 Å². The lowest BCUT2D eigenvalue weighted by atomic mass is 10.3. The normalized spacial score (nSPS) is 19.2. The molecule has 1 fully saturated rings. The van der Waals surface area contributed by atoms with E-state index in [0.29, 0.717) is 18.1 Å². The Balaban J connectivity index is 2.68. The molecule has 0 aliphatic carbocycles. The number of nitrogens with zero attached hydrogens (tertiary/aromatic N) is 2. The Bertz CT molecular complexity index is 350. The Labute approximate surface area is 109 Å². The van der Waals surface area contributed by atoms with E-state index in [1.54, 1.807) is 0 Å². The van der Waals surface area contributed by atoms with Crippen molar-refractivity contribution in [2.75, 3.05) is 38.7 Å². The molecule has 1 rings (SSSR count). The van der Waals surface area contributed by atoms with Crippen LogP contribution in [0.5, 0.6) is 0 Å². The van der Waals surface area contributed by atoms with Gasteiger partial charge < -0.3 is 20.2 Å². The van der Waals surface area contributed by atoms with Crippen LogP contribution >= 0.6 is 11.8 Å². The van der Waals surface area contributed by atoms with Gasteiger partial charge >= 0.3 is 12.0 Å². The topological polar surface area (TPSA) is 90.0 Å². The molecule has 0 aromatic heterocycles. The lowest BCUT2D eigenvalue weighted by molar-refractivity contribution is -0.141. The molecule has 0 bridgehead atoms. The third-order valence-corrected chi connectivity index (χ3v) is 3.67. The van der Waals surface area contributed by atoms with E-state index in [1.165, 1.54) is 35.7 Å². The number of hydrogen-bond donors (Lipinski definition) is 2. The van der Waals surface area contributed by atoms with Crippen molar-refractivity contribution in [3.05, 3.63) is 0 Å². The minimum absolute atomic E-state index is 0.0781. The van der Waals surface area contributed by atoms with Gasteiger partial charge in [-0.1, -0.05) is 0 Å². The highest BCUT2D eigenvalue weighted by atomic mass is 32.2. The number of nitrogens with one attached hydrogen (secondary N) is 1. The number of rotatable bonds is 3. The molecule has 3 amide bonds. The standard InChI is InChI=1S/C10H17N3O4S/c1-11-8(14)5-12(2)10(17)13-3-4-18-6-7(13)9(15)16/h7H,3-6H2,1-2H3,(H,11,14)(H,15,16). The first-order valence-electron chi connectivity index (χ1n) is 5.50. The van der Waals surface area contributed by atoms with Crippen LogP contribution in [0.4, 0.5) is 4.79 Å². The second-order valence-corrected chi connectivity index (χ2v) is 5.08. The number of carbonyl (C=O) groups is 3. The maximum Gasteiger partial charge on any atom is 0.327 e. The van der Waals surface area contributed by atoms with Crippen molar-refractivity contribution in [1.82, 2.24) is 15.1 Å². The van der Waals surface area contributed by atoms with Gasteiger partial charge in [-0.2, -0.15) is 11.8 Å². The molecule has 8 heteroatoms. The van der Waals surface area contributed by atoms with E-state index in [2.05, 4.69) is 5.32 Å². The van der Waals surface area contributed by atoms with E-state index >= 15 is 0 Å². The van der Waals surface area contributed by atoms with Gasteiger partial charge in [0, 0.05) is 32.1 Å². The van der Waals surface area contributed by atoms with Crippen molar-refractivity contribution < 1.29 is 19.5 Å². The Morgan fingerprint density at radius 1 is 1.50 bits per heavy atom. The molecule has 0 aromatic rings. The summed E-state index contributed by atoms with van der Waals surface area (Å²) in [6, 6.07) is -1.24. The molecule has 0 spiro atoms. The lowest BCUT2D eigenvalue weighted by Gasteiger charge is -2.35. The summed E-state index contributed by atoms with van der Waals surface area (Å²) in [5.74, 6) is -0.203. The number of carboxylic acids is 1. The molecule has 1 saturated heterocycles. The van der Waals surface area contributed by atoms with E-state index in [0.717, 1.165) is 0 Å². The zero-order valence-corrected chi connectivity index (χ0v) is 11.2. The third kappa shape index (κ3) is 3.52. The van der Waals surface area contributed by atoms with Gasteiger partial charge in [-0.15, -0.1) is 0 Å². The first-order valence-corrected chi connectivity index (χ1v) is 6.65. The minimum atomic E-state index is -1.01. The second kappa shape index (κ2) is 6.48. The number of likely N-dealkylation sites (N-methyl/N-ethyl adjacent to an activating group) is 2. The molecular weight excluding hydrogens is 258 g/mol. The number of thioether (sulfide) groups is 1. The van der Waals surface area contributed by atoms with E-state index in [4.69, 9.17) is 5.11 Å². The van der Waals surface area contributed by atoms with Gasteiger partial charge in [0.05, 0.1) is 0 Å². The van der Waals surface area contributed by atoms with E-state index in [9.17, 15) is 14.4 Å². The Hall–Kier alpha value is -1.44. The van der Waals surface area contributed by atoms with Crippen molar-refractivity contribution in [3.63, 3.8) is 0 Å². The fraction of sp³-hybridized carbons (Fsp3) is 0.700. The van der Waals surface area contributed by atoms with E-state index in [-0.39, 0.29) is 12.5 Å². The average Bonchev–Trinajstić information content (AvgIpc) is 2.37.